The van der Waals surface area contributed by atoms with E-state index in [-0.39, 0.29) is 17.7 Å². The summed E-state index contributed by atoms with van der Waals surface area (Å²) in [5.41, 5.74) is 3.51. The Morgan fingerprint density at radius 3 is 2.63 bits per heavy atom. The second-order valence-electron chi connectivity index (χ2n) is 9.18. The van der Waals surface area contributed by atoms with Gasteiger partial charge in [0.25, 0.3) is 5.91 Å². The number of fused-ring (bicyclic) bond motifs is 2. The van der Waals surface area contributed by atoms with Crippen LogP contribution in [0.5, 0.6) is 17.2 Å². The minimum atomic E-state index is -0.602. The van der Waals surface area contributed by atoms with Gasteiger partial charge in [0.2, 0.25) is 5.95 Å². The number of amides is 1. The number of halogens is 1. The average Bonchev–Trinajstić information content (AvgIpc) is 3.40. The van der Waals surface area contributed by atoms with Crippen molar-refractivity contribution in [2.24, 2.45) is 0 Å². The molecule has 5 aromatic rings. The second kappa shape index (κ2) is 11.0. The van der Waals surface area contributed by atoms with Crippen LogP contribution in [0, 0.1) is 5.82 Å². The van der Waals surface area contributed by atoms with Gasteiger partial charge in [-0.15, -0.1) is 0 Å². The normalized spacial score (nSPS) is 12.2. The molecule has 6 rings (SSSR count). The molecular formula is C29H26FN7O4. The van der Waals surface area contributed by atoms with E-state index in [4.69, 9.17) is 14.2 Å². The molecule has 0 saturated carbocycles. The summed E-state index contributed by atoms with van der Waals surface area (Å²) in [5.74, 6) is 1.24. The Bertz CT molecular complexity index is 1760. The van der Waals surface area contributed by atoms with Gasteiger partial charge >= 0.3 is 0 Å². The number of benzene rings is 3. The second-order valence-corrected chi connectivity index (χ2v) is 9.18. The number of anilines is 4. The van der Waals surface area contributed by atoms with E-state index in [2.05, 4.69) is 31.0 Å². The summed E-state index contributed by atoms with van der Waals surface area (Å²) in [7, 11) is 3.15. The van der Waals surface area contributed by atoms with Crippen molar-refractivity contribution >= 4 is 40.0 Å². The summed E-state index contributed by atoms with van der Waals surface area (Å²) in [4.78, 5) is 20.5. The Kier molecular flexibility index (Phi) is 6.94. The van der Waals surface area contributed by atoms with Crippen LogP contribution in [0.15, 0.2) is 67.0 Å². The number of ether oxygens (including phenoxy) is 3. The molecule has 0 radical (unpaired) electrons. The van der Waals surface area contributed by atoms with E-state index in [1.165, 1.54) is 0 Å². The van der Waals surface area contributed by atoms with Crippen LogP contribution < -0.4 is 30.2 Å². The molecule has 0 fully saturated rings. The first-order chi connectivity index (χ1) is 20.0. The topological polar surface area (TPSA) is 124 Å². The van der Waals surface area contributed by atoms with Crippen LogP contribution >= 0.6 is 0 Å². The number of carbonyl (C=O) groups is 1. The van der Waals surface area contributed by atoms with Gasteiger partial charge in [0.1, 0.15) is 19.0 Å². The molecule has 0 atom stereocenters. The highest BCUT2D eigenvalue weighted by Crippen LogP contribution is 2.34. The van der Waals surface area contributed by atoms with E-state index >= 15 is 0 Å². The molecule has 0 spiro atoms. The third kappa shape index (κ3) is 5.39. The first-order valence-corrected chi connectivity index (χ1v) is 12.8. The first kappa shape index (κ1) is 25.9. The number of carbonyl (C=O) groups excluding carboxylic acids is 1. The van der Waals surface area contributed by atoms with Crippen LogP contribution in [0.3, 0.4) is 0 Å². The standard InChI is InChI=1S/C29H26FN7O4/c1-31-28(38)17-3-4-19(25(11-17)39-2)16-37-23-12-20(6-5-18(23)14-33-37)35-29-32-15-22(30)27(36-29)34-21-7-8-24-26(13-21)41-10-9-40-24/h3-8,11-15H,9-10,16H2,1-2H3,(H,31,38)(H2,32,34,35,36). The molecule has 1 amide bonds. The third-order valence-electron chi connectivity index (χ3n) is 6.55. The maximum atomic E-state index is 14.6. The molecule has 0 unspecified atom stereocenters. The summed E-state index contributed by atoms with van der Waals surface area (Å²) in [6.45, 7) is 1.36. The molecule has 11 nitrogen and oxygen atoms in total. The molecule has 1 aliphatic heterocycles. The lowest BCUT2D eigenvalue weighted by atomic mass is 10.1. The first-order valence-electron chi connectivity index (χ1n) is 12.8. The molecule has 2 aromatic heterocycles. The Morgan fingerprint density at radius 2 is 1.80 bits per heavy atom. The molecule has 3 heterocycles. The van der Waals surface area contributed by atoms with Gasteiger partial charge in [-0.1, -0.05) is 6.07 Å². The van der Waals surface area contributed by atoms with Crippen LogP contribution in [-0.4, -0.2) is 53.0 Å². The fraction of sp³-hybridized carbons (Fsp3) is 0.172. The van der Waals surface area contributed by atoms with E-state index < -0.39 is 5.82 Å². The summed E-state index contributed by atoms with van der Waals surface area (Å²) in [6.07, 6.45) is 2.88. The lowest BCUT2D eigenvalue weighted by molar-refractivity contribution is 0.0962. The minimum absolute atomic E-state index is 0.0117. The number of nitrogens with zero attached hydrogens (tertiary/aromatic N) is 4. The van der Waals surface area contributed by atoms with Gasteiger partial charge in [0, 0.05) is 41.0 Å². The molecule has 3 N–H and O–H groups in total. The number of hydrogen-bond acceptors (Lipinski definition) is 9. The lowest BCUT2D eigenvalue weighted by Crippen LogP contribution is -2.18. The number of rotatable bonds is 8. The van der Waals surface area contributed by atoms with Crippen molar-refractivity contribution in [2.75, 3.05) is 38.0 Å². The minimum Gasteiger partial charge on any atom is -0.496 e. The van der Waals surface area contributed by atoms with Crippen molar-refractivity contribution in [3.63, 3.8) is 0 Å². The fourth-order valence-corrected chi connectivity index (χ4v) is 4.50. The largest absolute Gasteiger partial charge is 0.496 e. The molecule has 0 aliphatic carbocycles. The Hall–Kier alpha value is -5.39. The van der Waals surface area contributed by atoms with Crippen LogP contribution in [0.4, 0.5) is 27.5 Å². The van der Waals surface area contributed by atoms with E-state index in [1.807, 2.05) is 28.9 Å². The van der Waals surface area contributed by atoms with Gasteiger partial charge in [0.05, 0.1) is 31.6 Å². The number of hydrogen-bond donors (Lipinski definition) is 3. The van der Waals surface area contributed by atoms with Crippen molar-refractivity contribution in [3.8, 4) is 17.2 Å². The zero-order valence-electron chi connectivity index (χ0n) is 22.3. The Balaban J connectivity index is 1.23. The predicted octanol–water partition coefficient (Wildman–Crippen LogP) is 4.64. The molecule has 208 valence electrons. The van der Waals surface area contributed by atoms with Crippen LogP contribution in [0.1, 0.15) is 15.9 Å². The molecule has 41 heavy (non-hydrogen) atoms. The molecular weight excluding hydrogens is 529 g/mol. The zero-order valence-corrected chi connectivity index (χ0v) is 22.3. The van der Waals surface area contributed by atoms with Gasteiger partial charge in [0.15, 0.2) is 23.1 Å². The Labute approximate surface area is 234 Å². The average molecular weight is 556 g/mol. The monoisotopic (exact) mass is 555 g/mol. The van der Waals surface area contributed by atoms with Crippen molar-refractivity contribution in [1.29, 1.82) is 0 Å². The van der Waals surface area contributed by atoms with E-state index in [1.54, 1.807) is 50.7 Å². The third-order valence-corrected chi connectivity index (χ3v) is 6.55. The highest BCUT2D eigenvalue weighted by Gasteiger charge is 2.15. The van der Waals surface area contributed by atoms with E-state index in [0.29, 0.717) is 53.9 Å². The van der Waals surface area contributed by atoms with Gasteiger partial charge in [-0.05, 0) is 42.5 Å². The smallest absolute Gasteiger partial charge is 0.251 e. The summed E-state index contributed by atoms with van der Waals surface area (Å²) in [5, 5.41) is 14.2. The highest BCUT2D eigenvalue weighted by molar-refractivity contribution is 5.94. The predicted molar refractivity (Wildman–Crippen MR) is 151 cm³/mol. The van der Waals surface area contributed by atoms with Crippen LogP contribution in [0.2, 0.25) is 0 Å². The fourth-order valence-electron chi connectivity index (χ4n) is 4.50. The maximum Gasteiger partial charge on any atom is 0.251 e. The van der Waals surface area contributed by atoms with E-state index in [9.17, 15) is 9.18 Å². The lowest BCUT2D eigenvalue weighted by Gasteiger charge is -2.19. The van der Waals surface area contributed by atoms with Crippen molar-refractivity contribution < 1.29 is 23.4 Å². The van der Waals surface area contributed by atoms with Gasteiger partial charge in [-0.25, -0.2) is 9.37 Å². The van der Waals surface area contributed by atoms with Crippen molar-refractivity contribution in [2.45, 2.75) is 6.54 Å². The summed E-state index contributed by atoms with van der Waals surface area (Å²) >= 11 is 0. The van der Waals surface area contributed by atoms with Crippen LogP contribution in [0.25, 0.3) is 10.9 Å². The number of methoxy groups -OCH3 is 1. The SMILES string of the molecule is CNC(=O)c1ccc(Cn2ncc3ccc(Nc4ncc(F)c(Nc5ccc6c(c5)OCCO6)n4)cc32)c(OC)c1. The van der Waals surface area contributed by atoms with Gasteiger partial charge < -0.3 is 30.2 Å². The van der Waals surface area contributed by atoms with Crippen molar-refractivity contribution in [1.82, 2.24) is 25.1 Å². The maximum absolute atomic E-state index is 14.6. The van der Waals surface area contributed by atoms with E-state index in [0.717, 1.165) is 22.7 Å². The molecule has 3 aromatic carbocycles. The molecule has 0 saturated heterocycles. The summed E-state index contributed by atoms with van der Waals surface area (Å²) < 4.78 is 33.1. The van der Waals surface area contributed by atoms with Gasteiger partial charge in [-0.2, -0.15) is 10.1 Å². The molecule has 1 aliphatic rings. The zero-order chi connectivity index (χ0) is 28.3. The van der Waals surface area contributed by atoms with Crippen molar-refractivity contribution in [3.05, 3.63) is 83.9 Å². The summed E-state index contributed by atoms with van der Waals surface area (Å²) in [6, 6.07) is 16.3. The quantitative estimate of drug-likeness (QED) is 0.251. The van der Waals surface area contributed by atoms with Gasteiger partial charge in [-0.3, -0.25) is 9.48 Å². The number of nitrogens with one attached hydrogen (secondary N) is 3. The van der Waals surface area contributed by atoms with Crippen LogP contribution in [-0.2, 0) is 6.54 Å². The molecule has 12 heteroatoms. The molecule has 0 bridgehead atoms. The Morgan fingerprint density at radius 1 is 1.00 bits per heavy atom. The number of aromatic nitrogens is 4. The highest BCUT2D eigenvalue weighted by atomic mass is 19.1.